The molecule has 0 radical (unpaired) electrons. The largest absolute Gasteiger partial charge is 0.352 e. The van der Waals surface area contributed by atoms with E-state index in [1.165, 1.54) is 17.7 Å². The lowest BCUT2D eigenvalue weighted by atomic mass is 10.0. The molecule has 0 aliphatic heterocycles. The molecule has 0 aliphatic rings. The van der Waals surface area contributed by atoms with Crippen molar-refractivity contribution in [3.05, 3.63) is 69.4 Å². The molecule has 0 atom stereocenters. The number of aryl methyl sites for hydroxylation is 1. The van der Waals surface area contributed by atoms with E-state index in [9.17, 15) is 14.0 Å². The lowest BCUT2D eigenvalue weighted by molar-refractivity contribution is -0.121. The first-order chi connectivity index (χ1) is 11.5. The van der Waals surface area contributed by atoms with E-state index in [1.54, 1.807) is 18.2 Å². The molecular weight excluding hydrogens is 373 g/mol. The van der Waals surface area contributed by atoms with Gasteiger partial charge in [0.05, 0.1) is 0 Å². The lowest BCUT2D eigenvalue weighted by Crippen LogP contribution is -2.23. The minimum atomic E-state index is -0.354. The van der Waals surface area contributed by atoms with Crippen LogP contribution in [0.5, 0.6) is 0 Å². The van der Waals surface area contributed by atoms with Crippen molar-refractivity contribution >= 4 is 27.6 Å². The summed E-state index contributed by atoms with van der Waals surface area (Å²) in [6, 6.07) is 11.7. The molecule has 126 valence electrons. The summed E-state index contributed by atoms with van der Waals surface area (Å²) < 4.78 is 13.9. The van der Waals surface area contributed by atoms with Crippen molar-refractivity contribution in [2.45, 2.75) is 32.7 Å². The van der Waals surface area contributed by atoms with Crippen molar-refractivity contribution in [2.24, 2.45) is 0 Å². The van der Waals surface area contributed by atoms with E-state index in [0.717, 1.165) is 10.9 Å². The van der Waals surface area contributed by atoms with Crippen molar-refractivity contribution in [3.63, 3.8) is 0 Å². The Balaban J connectivity index is 1.82. The van der Waals surface area contributed by atoms with E-state index >= 15 is 0 Å². The molecule has 1 amide bonds. The van der Waals surface area contributed by atoms with Gasteiger partial charge in [-0.1, -0.05) is 47.1 Å². The number of benzene rings is 2. The van der Waals surface area contributed by atoms with Gasteiger partial charge in [-0.3, -0.25) is 9.59 Å². The average molecular weight is 392 g/mol. The molecule has 2 aromatic carbocycles. The summed E-state index contributed by atoms with van der Waals surface area (Å²) in [7, 11) is 0. The average Bonchev–Trinajstić information content (AvgIpc) is 2.60. The van der Waals surface area contributed by atoms with Crippen LogP contribution in [0.4, 0.5) is 4.39 Å². The Morgan fingerprint density at radius 3 is 2.46 bits per heavy atom. The Morgan fingerprint density at radius 2 is 1.79 bits per heavy atom. The van der Waals surface area contributed by atoms with Gasteiger partial charge in [-0.25, -0.2) is 4.39 Å². The van der Waals surface area contributed by atoms with Crippen LogP contribution in [0.1, 0.15) is 41.3 Å². The summed E-state index contributed by atoms with van der Waals surface area (Å²) in [5, 5.41) is 2.70. The predicted octanol–water partition coefficient (Wildman–Crippen LogP) is 4.43. The van der Waals surface area contributed by atoms with E-state index < -0.39 is 0 Å². The van der Waals surface area contributed by atoms with Crippen molar-refractivity contribution in [2.75, 3.05) is 0 Å². The predicted molar refractivity (Wildman–Crippen MR) is 95.3 cm³/mol. The summed E-state index contributed by atoms with van der Waals surface area (Å²) in [5.74, 6) is -0.641. The third kappa shape index (κ3) is 5.27. The summed E-state index contributed by atoms with van der Waals surface area (Å²) in [6.07, 6.45) is 1.19. The number of ketones is 1. The minimum absolute atomic E-state index is 0.0558. The molecule has 0 saturated carbocycles. The van der Waals surface area contributed by atoms with E-state index in [0.29, 0.717) is 11.1 Å². The zero-order valence-electron chi connectivity index (χ0n) is 13.4. The zero-order valence-corrected chi connectivity index (χ0v) is 15.0. The second kappa shape index (κ2) is 8.73. The van der Waals surface area contributed by atoms with E-state index in [2.05, 4.69) is 28.2 Å². The normalized spacial score (nSPS) is 10.5. The van der Waals surface area contributed by atoms with Gasteiger partial charge in [-0.15, -0.1) is 0 Å². The molecule has 1 N–H and O–H groups in total. The molecule has 0 aliphatic carbocycles. The molecule has 0 spiro atoms. The first-order valence-electron chi connectivity index (χ1n) is 7.82. The SMILES string of the molecule is CCc1ccc(C(=O)CCC(=O)NCc2cc(F)ccc2Br)cc1. The standard InChI is InChI=1S/C19H19BrFNO2/c1-2-13-3-5-14(6-4-13)18(23)9-10-19(24)22-12-15-11-16(21)7-8-17(15)20/h3-8,11H,2,9-10,12H2,1H3,(H,22,24). The lowest BCUT2D eigenvalue weighted by Gasteiger charge is -2.07. The summed E-state index contributed by atoms with van der Waals surface area (Å²) in [6.45, 7) is 2.27. The molecule has 24 heavy (non-hydrogen) atoms. The van der Waals surface area contributed by atoms with Crippen molar-refractivity contribution in [1.29, 1.82) is 0 Å². The van der Waals surface area contributed by atoms with Crippen LogP contribution in [0.15, 0.2) is 46.9 Å². The number of carbonyl (C=O) groups excluding carboxylic acids is 2. The fraction of sp³-hybridized carbons (Fsp3) is 0.263. The molecule has 0 saturated heterocycles. The number of hydrogen-bond donors (Lipinski definition) is 1. The van der Waals surface area contributed by atoms with Gasteiger partial charge in [-0.2, -0.15) is 0 Å². The first kappa shape index (κ1) is 18.3. The number of Topliss-reactive ketones (excluding diaryl/α,β-unsaturated/α-hetero) is 1. The fourth-order valence-electron chi connectivity index (χ4n) is 2.26. The van der Waals surface area contributed by atoms with Crippen LogP contribution in [0, 0.1) is 5.82 Å². The Labute approximate surface area is 149 Å². The zero-order chi connectivity index (χ0) is 17.5. The Bertz CT molecular complexity index is 729. The topological polar surface area (TPSA) is 46.2 Å². The van der Waals surface area contributed by atoms with Gasteiger partial charge in [0.15, 0.2) is 5.78 Å². The maximum absolute atomic E-state index is 13.2. The quantitative estimate of drug-likeness (QED) is 0.709. The molecule has 2 rings (SSSR count). The molecule has 0 aromatic heterocycles. The molecule has 0 bridgehead atoms. The summed E-state index contributed by atoms with van der Waals surface area (Å²) >= 11 is 3.31. The van der Waals surface area contributed by atoms with Crippen molar-refractivity contribution in [3.8, 4) is 0 Å². The molecule has 3 nitrogen and oxygen atoms in total. The van der Waals surface area contributed by atoms with Gasteiger partial charge in [0.2, 0.25) is 5.91 Å². The van der Waals surface area contributed by atoms with Gasteiger partial charge < -0.3 is 5.32 Å². The third-order valence-electron chi connectivity index (χ3n) is 3.75. The molecule has 0 heterocycles. The van der Waals surface area contributed by atoms with E-state index in [1.807, 2.05) is 12.1 Å². The molecule has 0 fully saturated rings. The maximum atomic E-state index is 13.2. The molecule has 5 heteroatoms. The first-order valence-corrected chi connectivity index (χ1v) is 8.61. The monoisotopic (exact) mass is 391 g/mol. The van der Waals surface area contributed by atoms with Gasteiger partial charge >= 0.3 is 0 Å². The van der Waals surface area contributed by atoms with Gasteiger partial charge in [0, 0.05) is 29.4 Å². The highest BCUT2D eigenvalue weighted by Crippen LogP contribution is 2.17. The number of halogens is 2. The van der Waals surface area contributed by atoms with E-state index in [4.69, 9.17) is 0 Å². The highest BCUT2D eigenvalue weighted by atomic mass is 79.9. The fourth-order valence-corrected chi connectivity index (χ4v) is 2.65. The molecular formula is C19H19BrFNO2. The van der Waals surface area contributed by atoms with Gasteiger partial charge in [0.1, 0.15) is 5.82 Å². The van der Waals surface area contributed by atoms with E-state index in [-0.39, 0.29) is 36.9 Å². The Hall–Kier alpha value is -2.01. The summed E-state index contributed by atoms with van der Waals surface area (Å²) in [4.78, 5) is 24.0. The highest BCUT2D eigenvalue weighted by Gasteiger charge is 2.10. The highest BCUT2D eigenvalue weighted by molar-refractivity contribution is 9.10. The molecule has 0 unspecified atom stereocenters. The minimum Gasteiger partial charge on any atom is -0.352 e. The van der Waals surface area contributed by atoms with Crippen LogP contribution in [0.25, 0.3) is 0 Å². The molecule has 2 aromatic rings. The van der Waals surface area contributed by atoms with Gasteiger partial charge in [0.25, 0.3) is 0 Å². The second-order valence-electron chi connectivity index (χ2n) is 5.49. The van der Waals surface area contributed by atoms with Gasteiger partial charge in [-0.05, 0) is 35.7 Å². The van der Waals surface area contributed by atoms with Crippen LogP contribution < -0.4 is 5.32 Å². The Kier molecular flexibility index (Phi) is 6.67. The summed E-state index contributed by atoms with van der Waals surface area (Å²) in [5.41, 5.74) is 2.45. The van der Waals surface area contributed by atoms with Crippen LogP contribution in [-0.2, 0) is 17.8 Å². The maximum Gasteiger partial charge on any atom is 0.220 e. The van der Waals surface area contributed by atoms with Crippen LogP contribution in [-0.4, -0.2) is 11.7 Å². The second-order valence-corrected chi connectivity index (χ2v) is 6.34. The number of amides is 1. The smallest absolute Gasteiger partial charge is 0.220 e. The number of carbonyl (C=O) groups is 2. The number of nitrogens with one attached hydrogen (secondary N) is 1. The number of rotatable bonds is 7. The number of hydrogen-bond acceptors (Lipinski definition) is 2. The van der Waals surface area contributed by atoms with Crippen molar-refractivity contribution in [1.82, 2.24) is 5.32 Å². The van der Waals surface area contributed by atoms with Crippen LogP contribution in [0.2, 0.25) is 0 Å². The van der Waals surface area contributed by atoms with Crippen molar-refractivity contribution < 1.29 is 14.0 Å². The third-order valence-corrected chi connectivity index (χ3v) is 4.52. The van der Waals surface area contributed by atoms with Crippen LogP contribution >= 0.6 is 15.9 Å². The Morgan fingerprint density at radius 1 is 1.08 bits per heavy atom. The van der Waals surface area contributed by atoms with Crippen LogP contribution in [0.3, 0.4) is 0 Å².